The number of aromatic nitrogens is 2. The maximum absolute atomic E-state index is 12.1. The molecule has 0 bridgehead atoms. The monoisotopic (exact) mass is 466 g/mol. The molecular weight excluding hydrogens is 444 g/mol. The fraction of sp³-hybridized carbons (Fsp3) is 0.261. The number of nitro benzene ring substituents is 1. The van der Waals surface area contributed by atoms with Crippen LogP contribution in [-0.2, 0) is 14.3 Å². The second kappa shape index (κ2) is 11.5. The number of amides is 1. The maximum Gasteiger partial charge on any atom is 0.308 e. The van der Waals surface area contributed by atoms with Crippen LogP contribution >= 0.6 is 0 Å². The van der Waals surface area contributed by atoms with Crippen molar-refractivity contribution in [3.05, 3.63) is 76.2 Å². The van der Waals surface area contributed by atoms with Gasteiger partial charge in [0.1, 0.15) is 0 Å². The van der Waals surface area contributed by atoms with Gasteiger partial charge in [0, 0.05) is 42.6 Å². The number of nitro groups is 1. The first-order valence-electron chi connectivity index (χ1n) is 10.5. The molecule has 0 unspecified atom stereocenters. The van der Waals surface area contributed by atoms with Gasteiger partial charge in [0.2, 0.25) is 11.8 Å². The molecular formula is C23H22N4O7. The largest absolute Gasteiger partial charge is 0.453 e. The van der Waals surface area contributed by atoms with Crippen molar-refractivity contribution in [1.82, 2.24) is 15.5 Å². The third-order valence-corrected chi connectivity index (χ3v) is 4.75. The first-order valence-corrected chi connectivity index (χ1v) is 10.5. The van der Waals surface area contributed by atoms with Crippen LogP contribution in [0.2, 0.25) is 0 Å². The number of non-ortho nitro benzene ring substituents is 1. The molecule has 176 valence electrons. The second-order valence-corrected chi connectivity index (χ2v) is 7.27. The number of ether oxygens (including phenoxy) is 1. The van der Waals surface area contributed by atoms with Crippen molar-refractivity contribution in [3.63, 3.8) is 0 Å². The van der Waals surface area contributed by atoms with E-state index in [0.717, 1.165) is 0 Å². The molecule has 34 heavy (non-hydrogen) atoms. The molecule has 1 amide bonds. The first kappa shape index (κ1) is 24.2. The van der Waals surface area contributed by atoms with Crippen molar-refractivity contribution in [1.29, 1.82) is 0 Å². The fourth-order valence-electron chi connectivity index (χ4n) is 2.94. The molecule has 0 saturated heterocycles. The van der Waals surface area contributed by atoms with Crippen LogP contribution in [0.3, 0.4) is 0 Å². The highest BCUT2D eigenvalue weighted by Crippen LogP contribution is 2.24. The van der Waals surface area contributed by atoms with Gasteiger partial charge in [0.15, 0.2) is 11.9 Å². The Bertz CT molecular complexity index is 1160. The van der Waals surface area contributed by atoms with Crippen LogP contribution in [0.15, 0.2) is 59.0 Å². The van der Waals surface area contributed by atoms with E-state index in [1.807, 2.05) is 0 Å². The Morgan fingerprint density at radius 1 is 1.03 bits per heavy atom. The molecule has 1 N–H and O–H groups in total. The van der Waals surface area contributed by atoms with E-state index in [9.17, 15) is 24.5 Å². The Hall–Kier alpha value is -4.41. The Kier molecular flexibility index (Phi) is 8.16. The molecule has 11 nitrogen and oxygen atoms in total. The number of hydrogen-bond donors (Lipinski definition) is 1. The Labute approximate surface area is 194 Å². The third-order valence-electron chi connectivity index (χ3n) is 4.75. The lowest BCUT2D eigenvalue weighted by Gasteiger charge is -2.10. The summed E-state index contributed by atoms with van der Waals surface area (Å²) >= 11 is 0. The standard InChI is InChI=1S/C23H22N4O7/c1-15(22-25-26-23(34-22)17-7-9-18(10-8-17)27(31)32)33-21(30)13-14-24-20(29)12-11-19(28)16-5-3-2-4-6-16/h2-10,15H,11-14H2,1H3,(H,24,29)/t15-/m0/s1. The lowest BCUT2D eigenvalue weighted by Crippen LogP contribution is -2.27. The van der Waals surface area contributed by atoms with Gasteiger partial charge in [-0.05, 0) is 19.1 Å². The van der Waals surface area contributed by atoms with E-state index >= 15 is 0 Å². The Balaban J connectivity index is 1.40. The highest BCUT2D eigenvalue weighted by atomic mass is 16.6. The van der Waals surface area contributed by atoms with Gasteiger partial charge in [-0.2, -0.15) is 0 Å². The average molecular weight is 466 g/mol. The highest BCUT2D eigenvalue weighted by Gasteiger charge is 2.19. The molecule has 3 rings (SSSR count). The van der Waals surface area contributed by atoms with Crippen molar-refractivity contribution in [2.75, 3.05) is 6.54 Å². The molecule has 0 spiro atoms. The minimum absolute atomic E-state index is 0.0204. The minimum atomic E-state index is -0.828. The number of ketones is 1. The number of nitrogens with zero attached hydrogens (tertiary/aromatic N) is 3. The summed E-state index contributed by atoms with van der Waals surface area (Å²) in [6.45, 7) is 1.61. The molecule has 3 aromatic rings. The van der Waals surface area contributed by atoms with E-state index < -0.39 is 17.0 Å². The first-order chi connectivity index (χ1) is 16.3. The summed E-state index contributed by atoms with van der Waals surface area (Å²) in [7, 11) is 0. The minimum Gasteiger partial charge on any atom is -0.453 e. The van der Waals surface area contributed by atoms with Crippen LogP contribution in [0, 0.1) is 10.1 Å². The van der Waals surface area contributed by atoms with Crippen molar-refractivity contribution in [3.8, 4) is 11.5 Å². The number of benzene rings is 2. The molecule has 0 aliphatic carbocycles. The predicted molar refractivity (Wildman–Crippen MR) is 119 cm³/mol. The van der Waals surface area contributed by atoms with Crippen molar-refractivity contribution >= 4 is 23.3 Å². The summed E-state index contributed by atoms with van der Waals surface area (Å²) in [4.78, 5) is 46.2. The summed E-state index contributed by atoms with van der Waals surface area (Å²) in [6, 6.07) is 14.3. The van der Waals surface area contributed by atoms with Gasteiger partial charge >= 0.3 is 5.97 Å². The molecule has 0 radical (unpaired) electrons. The molecule has 11 heteroatoms. The number of carbonyl (C=O) groups is 3. The number of rotatable bonds is 11. The molecule has 1 heterocycles. The van der Waals surface area contributed by atoms with Crippen LogP contribution in [-0.4, -0.2) is 39.3 Å². The van der Waals surface area contributed by atoms with E-state index in [1.165, 1.54) is 24.3 Å². The van der Waals surface area contributed by atoms with Crippen molar-refractivity contribution in [2.24, 2.45) is 0 Å². The smallest absolute Gasteiger partial charge is 0.308 e. The zero-order valence-corrected chi connectivity index (χ0v) is 18.3. The second-order valence-electron chi connectivity index (χ2n) is 7.27. The average Bonchev–Trinajstić information content (AvgIpc) is 3.34. The summed E-state index contributed by atoms with van der Waals surface area (Å²) in [5, 5.41) is 21.0. The zero-order chi connectivity index (χ0) is 24.5. The lowest BCUT2D eigenvalue weighted by molar-refractivity contribution is -0.384. The maximum atomic E-state index is 12.1. The molecule has 2 aromatic carbocycles. The third kappa shape index (κ3) is 6.79. The SMILES string of the molecule is C[C@H](OC(=O)CCNC(=O)CCC(=O)c1ccccc1)c1nnc(-c2ccc([N+](=O)[O-])cc2)o1. The fourth-order valence-corrected chi connectivity index (χ4v) is 2.94. The normalized spacial score (nSPS) is 11.4. The van der Waals surface area contributed by atoms with Gasteiger partial charge in [-0.25, -0.2) is 0 Å². The molecule has 0 saturated carbocycles. The topological polar surface area (TPSA) is 155 Å². The van der Waals surface area contributed by atoms with E-state index in [4.69, 9.17) is 9.15 Å². The molecule has 0 fully saturated rings. The highest BCUT2D eigenvalue weighted by molar-refractivity contribution is 5.97. The van der Waals surface area contributed by atoms with Gasteiger partial charge in [-0.3, -0.25) is 24.5 Å². The van der Waals surface area contributed by atoms with E-state index in [1.54, 1.807) is 37.3 Å². The number of carbonyl (C=O) groups excluding carboxylic acids is 3. The summed E-state index contributed by atoms with van der Waals surface area (Å²) in [6.07, 6.45) is -0.810. The number of hydrogen-bond acceptors (Lipinski definition) is 9. The van der Waals surface area contributed by atoms with E-state index in [0.29, 0.717) is 11.1 Å². The Morgan fingerprint density at radius 2 is 1.74 bits per heavy atom. The van der Waals surface area contributed by atoms with Gasteiger partial charge in [0.25, 0.3) is 11.6 Å². The number of esters is 1. The molecule has 1 atom stereocenters. The zero-order valence-electron chi connectivity index (χ0n) is 18.3. The van der Waals surface area contributed by atoms with Gasteiger partial charge in [-0.1, -0.05) is 30.3 Å². The molecule has 1 aromatic heterocycles. The van der Waals surface area contributed by atoms with Crippen LogP contribution in [0.1, 0.15) is 48.5 Å². The Morgan fingerprint density at radius 3 is 2.41 bits per heavy atom. The van der Waals surface area contributed by atoms with Crippen LogP contribution in [0.4, 0.5) is 5.69 Å². The van der Waals surface area contributed by atoms with Crippen molar-refractivity contribution in [2.45, 2.75) is 32.3 Å². The van der Waals surface area contributed by atoms with Gasteiger partial charge in [-0.15, -0.1) is 10.2 Å². The molecule has 0 aliphatic heterocycles. The van der Waals surface area contributed by atoms with Crippen LogP contribution in [0.25, 0.3) is 11.5 Å². The van der Waals surface area contributed by atoms with Gasteiger partial charge < -0.3 is 14.5 Å². The van der Waals surface area contributed by atoms with Crippen LogP contribution in [0.5, 0.6) is 0 Å². The lowest BCUT2D eigenvalue weighted by atomic mass is 10.1. The van der Waals surface area contributed by atoms with E-state index in [2.05, 4.69) is 15.5 Å². The van der Waals surface area contributed by atoms with Crippen molar-refractivity contribution < 1.29 is 28.5 Å². The predicted octanol–water partition coefficient (Wildman–Crippen LogP) is 3.42. The van der Waals surface area contributed by atoms with E-state index in [-0.39, 0.29) is 55.0 Å². The van der Waals surface area contributed by atoms with Gasteiger partial charge in [0.05, 0.1) is 11.3 Å². The summed E-state index contributed by atoms with van der Waals surface area (Å²) in [5.74, 6) is -0.857. The number of Topliss-reactive ketones (excluding diaryl/α,β-unsaturated/α-hetero) is 1. The summed E-state index contributed by atoms with van der Waals surface area (Å²) in [5.41, 5.74) is 0.961. The molecule has 0 aliphatic rings. The quantitative estimate of drug-likeness (QED) is 0.194. The van der Waals surface area contributed by atoms with Crippen LogP contribution < -0.4 is 5.32 Å². The number of nitrogens with one attached hydrogen (secondary N) is 1. The summed E-state index contributed by atoms with van der Waals surface area (Å²) < 4.78 is 10.7.